The van der Waals surface area contributed by atoms with Gasteiger partial charge in [0.25, 0.3) is 0 Å². The second-order valence-corrected chi connectivity index (χ2v) is 8.88. The Hall–Kier alpha value is 0.0900. The van der Waals surface area contributed by atoms with Gasteiger partial charge in [0.1, 0.15) is 0 Å². The van der Waals surface area contributed by atoms with Crippen LogP contribution in [0.5, 0.6) is 0 Å². The molecular weight excluding hydrogens is 406 g/mol. The summed E-state index contributed by atoms with van der Waals surface area (Å²) in [6, 6.07) is 3.73. The Bertz CT molecular complexity index is 616. The van der Waals surface area contributed by atoms with Gasteiger partial charge in [-0.15, -0.1) is 0 Å². The average molecular weight is 425 g/mol. The Morgan fingerprint density at radius 1 is 1.25 bits per heavy atom. The molecule has 1 fully saturated rings. The van der Waals surface area contributed by atoms with Crippen LogP contribution in [0.25, 0.3) is 0 Å². The quantitative estimate of drug-likeness (QED) is 0.717. The molecule has 0 aromatic heterocycles. The smallest absolute Gasteiger partial charge is 0.207 e. The van der Waals surface area contributed by atoms with Gasteiger partial charge in [-0.3, -0.25) is 0 Å². The number of nitrogens with zero attached hydrogens (tertiary/aromatic N) is 1. The second-order valence-electron chi connectivity index (χ2n) is 5.36. The molecule has 0 amide bonds. The molecule has 0 N–H and O–H groups in total. The van der Waals surface area contributed by atoms with E-state index in [1.165, 1.54) is 0 Å². The van der Waals surface area contributed by atoms with E-state index in [1.54, 1.807) is 10.4 Å². The summed E-state index contributed by atoms with van der Waals surface area (Å²) < 4.78 is 29.1. The zero-order valence-electron chi connectivity index (χ0n) is 11.9. The van der Waals surface area contributed by atoms with E-state index in [2.05, 4.69) is 31.9 Å². The van der Waals surface area contributed by atoms with Crippen LogP contribution < -0.4 is 0 Å². The first kappa shape index (κ1) is 16.5. The van der Waals surface area contributed by atoms with E-state index in [0.717, 1.165) is 29.3 Å². The van der Waals surface area contributed by atoms with Crippen molar-refractivity contribution < 1.29 is 8.42 Å². The molecule has 0 bridgehead atoms. The lowest BCUT2D eigenvalue weighted by molar-refractivity contribution is 0.328. The van der Waals surface area contributed by atoms with Gasteiger partial charge in [0.15, 0.2) is 0 Å². The summed E-state index contributed by atoms with van der Waals surface area (Å²) in [6.45, 7) is 5.98. The summed E-state index contributed by atoms with van der Waals surface area (Å²) in [5, 5.41) is 0. The molecule has 0 aliphatic carbocycles. The topological polar surface area (TPSA) is 37.4 Å². The van der Waals surface area contributed by atoms with Gasteiger partial charge in [0, 0.05) is 21.0 Å². The summed E-state index contributed by atoms with van der Waals surface area (Å²) in [5.41, 5.74) is 1.01. The SMILES string of the molecule is CCC1CCC(C)N1S(=O)(=O)c1cc(Br)c(C)cc1Br. The summed E-state index contributed by atoms with van der Waals surface area (Å²) in [7, 11) is -3.46. The predicted octanol–water partition coefficient (Wildman–Crippen LogP) is 4.47. The third kappa shape index (κ3) is 2.85. The average Bonchev–Trinajstić information content (AvgIpc) is 2.75. The highest BCUT2D eigenvalue weighted by molar-refractivity contribution is 9.11. The van der Waals surface area contributed by atoms with Gasteiger partial charge in [-0.2, -0.15) is 4.31 Å². The monoisotopic (exact) mass is 423 g/mol. The predicted molar refractivity (Wildman–Crippen MR) is 88.4 cm³/mol. The highest BCUT2D eigenvalue weighted by Gasteiger charge is 2.40. The fourth-order valence-corrected chi connectivity index (χ4v) is 6.40. The normalized spacial score (nSPS) is 24.2. The van der Waals surface area contributed by atoms with Gasteiger partial charge < -0.3 is 0 Å². The molecule has 1 heterocycles. The summed E-state index contributed by atoms with van der Waals surface area (Å²) in [4.78, 5) is 0.349. The van der Waals surface area contributed by atoms with Crippen LogP contribution in [0, 0.1) is 6.92 Å². The molecule has 0 spiro atoms. The van der Waals surface area contributed by atoms with E-state index < -0.39 is 10.0 Å². The minimum atomic E-state index is -3.46. The largest absolute Gasteiger partial charge is 0.244 e. The number of sulfonamides is 1. The minimum absolute atomic E-state index is 0.0666. The van der Waals surface area contributed by atoms with Crippen molar-refractivity contribution in [2.75, 3.05) is 0 Å². The number of benzene rings is 1. The number of hydrogen-bond acceptors (Lipinski definition) is 2. The summed E-state index contributed by atoms with van der Waals surface area (Å²) in [6.07, 6.45) is 2.73. The lowest BCUT2D eigenvalue weighted by atomic mass is 10.2. The van der Waals surface area contributed by atoms with Crippen molar-refractivity contribution in [1.82, 2.24) is 4.31 Å². The van der Waals surface area contributed by atoms with Gasteiger partial charge in [-0.25, -0.2) is 8.42 Å². The van der Waals surface area contributed by atoms with E-state index in [4.69, 9.17) is 0 Å². The van der Waals surface area contributed by atoms with Crippen molar-refractivity contribution in [3.05, 3.63) is 26.6 Å². The summed E-state index contributed by atoms with van der Waals surface area (Å²) >= 11 is 6.82. The van der Waals surface area contributed by atoms with Crippen molar-refractivity contribution >= 4 is 41.9 Å². The van der Waals surface area contributed by atoms with Crippen LogP contribution in [-0.2, 0) is 10.0 Å². The van der Waals surface area contributed by atoms with Crippen molar-refractivity contribution in [2.24, 2.45) is 0 Å². The fourth-order valence-electron chi connectivity index (χ4n) is 2.80. The van der Waals surface area contributed by atoms with Crippen LogP contribution in [-0.4, -0.2) is 24.8 Å². The number of aryl methyl sites for hydroxylation is 1. The van der Waals surface area contributed by atoms with Crippen LogP contribution >= 0.6 is 31.9 Å². The Morgan fingerprint density at radius 2 is 1.90 bits per heavy atom. The van der Waals surface area contributed by atoms with Crippen molar-refractivity contribution in [2.45, 2.75) is 57.0 Å². The lowest BCUT2D eigenvalue weighted by Crippen LogP contribution is -2.39. The molecule has 2 atom stereocenters. The van der Waals surface area contributed by atoms with Crippen LogP contribution in [0.1, 0.15) is 38.7 Å². The molecule has 3 nitrogen and oxygen atoms in total. The maximum Gasteiger partial charge on any atom is 0.244 e. The number of rotatable bonds is 3. The standard InChI is InChI=1S/C14H19Br2NO2S/c1-4-11-6-5-10(3)17(11)20(18,19)14-8-12(15)9(2)7-13(14)16/h7-8,10-11H,4-6H2,1-3H3. The third-order valence-corrected chi connectivity index (χ3v) is 7.83. The molecule has 0 radical (unpaired) electrons. The van der Waals surface area contributed by atoms with Gasteiger partial charge in [-0.1, -0.05) is 22.9 Å². The van der Waals surface area contributed by atoms with E-state index in [-0.39, 0.29) is 12.1 Å². The van der Waals surface area contributed by atoms with Gasteiger partial charge >= 0.3 is 0 Å². The molecule has 2 rings (SSSR count). The zero-order chi connectivity index (χ0) is 15.1. The van der Waals surface area contributed by atoms with E-state index in [0.29, 0.717) is 9.37 Å². The lowest BCUT2D eigenvalue weighted by Gasteiger charge is -2.27. The molecule has 1 aromatic carbocycles. The van der Waals surface area contributed by atoms with Gasteiger partial charge in [-0.05, 0) is 66.7 Å². The molecule has 1 aromatic rings. The zero-order valence-corrected chi connectivity index (χ0v) is 15.8. The molecule has 20 heavy (non-hydrogen) atoms. The highest BCUT2D eigenvalue weighted by atomic mass is 79.9. The molecule has 2 unspecified atom stereocenters. The molecule has 1 saturated heterocycles. The van der Waals surface area contributed by atoms with Crippen molar-refractivity contribution in [3.63, 3.8) is 0 Å². The first-order valence-corrected chi connectivity index (χ1v) is 9.80. The second kappa shape index (κ2) is 6.07. The Morgan fingerprint density at radius 3 is 2.50 bits per heavy atom. The Balaban J connectivity index is 2.53. The highest BCUT2D eigenvalue weighted by Crippen LogP contribution is 2.36. The first-order valence-electron chi connectivity index (χ1n) is 6.78. The van der Waals surface area contributed by atoms with Gasteiger partial charge in [0.2, 0.25) is 10.0 Å². The Kier molecular flexibility index (Phi) is 4.99. The number of halogens is 2. The van der Waals surface area contributed by atoms with Crippen molar-refractivity contribution in [1.29, 1.82) is 0 Å². The Labute approximate surface area is 138 Å². The van der Waals surface area contributed by atoms with E-state index in [9.17, 15) is 8.42 Å². The molecular formula is C14H19Br2NO2S. The van der Waals surface area contributed by atoms with Crippen molar-refractivity contribution in [3.8, 4) is 0 Å². The third-order valence-electron chi connectivity index (χ3n) is 3.95. The van der Waals surface area contributed by atoms with Crippen LogP contribution in [0.2, 0.25) is 0 Å². The maximum atomic E-state index is 13.0. The van der Waals surface area contributed by atoms with Crippen LogP contribution in [0.15, 0.2) is 26.0 Å². The number of hydrogen-bond donors (Lipinski definition) is 0. The molecule has 112 valence electrons. The molecule has 1 aliphatic rings. The molecule has 0 saturated carbocycles. The van der Waals surface area contributed by atoms with Crippen LogP contribution in [0.3, 0.4) is 0 Å². The van der Waals surface area contributed by atoms with Crippen LogP contribution in [0.4, 0.5) is 0 Å². The fraction of sp³-hybridized carbons (Fsp3) is 0.571. The first-order chi connectivity index (χ1) is 9.28. The van der Waals surface area contributed by atoms with E-state index >= 15 is 0 Å². The molecule has 1 aliphatic heterocycles. The summed E-state index contributed by atoms with van der Waals surface area (Å²) in [5.74, 6) is 0. The maximum absolute atomic E-state index is 13.0. The van der Waals surface area contributed by atoms with E-state index in [1.807, 2.05) is 26.8 Å². The minimum Gasteiger partial charge on any atom is -0.207 e. The van der Waals surface area contributed by atoms with Gasteiger partial charge in [0.05, 0.1) is 4.90 Å². The molecule has 6 heteroatoms.